The number of rotatable bonds is 9. The van der Waals surface area contributed by atoms with Crippen LogP contribution < -0.4 is 30.8 Å². The van der Waals surface area contributed by atoms with E-state index in [4.69, 9.17) is 14.2 Å². The Morgan fingerprint density at radius 2 is 1.60 bits per heavy atom. The monoisotopic (exact) mass is 495 g/mol. The summed E-state index contributed by atoms with van der Waals surface area (Å²) in [7, 11) is 4.60. The van der Waals surface area contributed by atoms with Gasteiger partial charge in [-0.15, -0.1) is 11.3 Å². The van der Waals surface area contributed by atoms with Gasteiger partial charge < -0.3 is 19.5 Å². The summed E-state index contributed by atoms with van der Waals surface area (Å²) in [6.07, 6.45) is 0. The third kappa shape index (κ3) is 4.78. The Kier molecular flexibility index (Phi) is 7.21. The maximum absolute atomic E-state index is 13.4. The zero-order valence-corrected chi connectivity index (χ0v) is 20.4. The number of amides is 1. The molecule has 0 bridgehead atoms. The van der Waals surface area contributed by atoms with E-state index >= 15 is 0 Å². The van der Waals surface area contributed by atoms with Gasteiger partial charge in [0.05, 0.1) is 33.4 Å². The van der Waals surface area contributed by atoms with E-state index in [1.807, 2.05) is 18.2 Å². The number of fused-ring (bicyclic) bond motifs is 1. The second-order valence-electron chi connectivity index (χ2n) is 7.64. The number of methoxy groups -OCH3 is 3. The third-order valence-electron chi connectivity index (χ3n) is 5.62. The molecule has 0 aliphatic heterocycles. The standard InChI is InChI=1S/C25H25N3O6S/c1-32-19-9-5-4-7-17(19)14-28-24(30)23-18(11-12-35-23)27(25(28)31)15-21(29)26-13-16-8-6-10-20(33-2)22(16)34-3/h4-12H,13-15H2,1-3H3,(H,26,29). The molecular weight excluding hydrogens is 470 g/mol. The van der Waals surface area contributed by atoms with Gasteiger partial charge >= 0.3 is 5.69 Å². The quantitative estimate of drug-likeness (QED) is 0.383. The van der Waals surface area contributed by atoms with Crippen molar-refractivity contribution in [2.75, 3.05) is 21.3 Å². The molecule has 2 aromatic carbocycles. The minimum absolute atomic E-state index is 0.0259. The number of thiophene rings is 1. The number of nitrogens with zero attached hydrogens (tertiary/aromatic N) is 2. The summed E-state index contributed by atoms with van der Waals surface area (Å²) in [5, 5.41) is 4.55. The van der Waals surface area contributed by atoms with Gasteiger partial charge in [-0.05, 0) is 23.6 Å². The lowest BCUT2D eigenvalue weighted by molar-refractivity contribution is -0.121. The number of ether oxygens (including phenoxy) is 3. The van der Waals surface area contributed by atoms with Gasteiger partial charge in [0.2, 0.25) is 5.91 Å². The van der Waals surface area contributed by atoms with Crippen LogP contribution in [-0.4, -0.2) is 36.4 Å². The third-order valence-corrected chi connectivity index (χ3v) is 6.51. The zero-order valence-electron chi connectivity index (χ0n) is 19.6. The fourth-order valence-corrected chi connectivity index (χ4v) is 4.76. The normalized spacial score (nSPS) is 10.8. The summed E-state index contributed by atoms with van der Waals surface area (Å²) in [6.45, 7) is -0.0374. The van der Waals surface area contributed by atoms with Crippen LogP contribution in [0.4, 0.5) is 0 Å². The first kappa shape index (κ1) is 24.1. The van der Waals surface area contributed by atoms with Crippen molar-refractivity contribution < 1.29 is 19.0 Å². The summed E-state index contributed by atoms with van der Waals surface area (Å²) in [4.78, 5) is 39.3. The molecule has 0 saturated heterocycles. The first-order chi connectivity index (χ1) is 17.0. The van der Waals surface area contributed by atoms with E-state index in [0.717, 1.165) is 10.1 Å². The predicted octanol–water partition coefficient (Wildman–Crippen LogP) is 2.62. The Morgan fingerprint density at radius 1 is 0.886 bits per heavy atom. The van der Waals surface area contributed by atoms with Crippen molar-refractivity contribution in [3.05, 3.63) is 85.9 Å². The van der Waals surface area contributed by atoms with Crippen molar-refractivity contribution >= 4 is 27.5 Å². The number of benzene rings is 2. The molecule has 1 amide bonds. The fourth-order valence-electron chi connectivity index (χ4n) is 3.92. The smallest absolute Gasteiger partial charge is 0.332 e. The van der Waals surface area contributed by atoms with E-state index in [1.54, 1.807) is 42.8 Å². The number of hydrogen-bond acceptors (Lipinski definition) is 7. The Hall–Kier alpha value is -4.05. The molecule has 0 unspecified atom stereocenters. The highest BCUT2D eigenvalue weighted by molar-refractivity contribution is 7.17. The van der Waals surface area contributed by atoms with Crippen LogP contribution >= 0.6 is 11.3 Å². The van der Waals surface area contributed by atoms with E-state index in [0.29, 0.717) is 33.0 Å². The van der Waals surface area contributed by atoms with Crippen LogP contribution in [0.3, 0.4) is 0 Å². The fraction of sp³-hybridized carbons (Fsp3) is 0.240. The van der Waals surface area contributed by atoms with Crippen LogP contribution in [-0.2, 0) is 24.4 Å². The Bertz CT molecular complexity index is 1490. The molecule has 0 aliphatic rings. The van der Waals surface area contributed by atoms with Crippen molar-refractivity contribution in [3.63, 3.8) is 0 Å². The molecule has 9 nitrogen and oxygen atoms in total. The van der Waals surface area contributed by atoms with Crippen LogP contribution in [0.5, 0.6) is 17.2 Å². The molecule has 4 aromatic rings. The van der Waals surface area contributed by atoms with Gasteiger partial charge in [0.1, 0.15) is 17.0 Å². The number of carbonyl (C=O) groups excluding carboxylic acids is 1. The van der Waals surface area contributed by atoms with Crippen LogP contribution in [0.25, 0.3) is 10.2 Å². The molecule has 0 radical (unpaired) electrons. The van der Waals surface area contributed by atoms with Gasteiger partial charge in [-0.3, -0.25) is 18.7 Å². The SMILES string of the molecule is COc1ccccc1Cn1c(=O)c2sccc2n(CC(=O)NCc2cccc(OC)c2OC)c1=O. The molecule has 0 fully saturated rings. The minimum Gasteiger partial charge on any atom is -0.496 e. The van der Waals surface area contributed by atoms with Gasteiger partial charge in [0, 0.05) is 17.7 Å². The Labute approximate surface area is 205 Å². The van der Waals surface area contributed by atoms with Crippen LogP contribution in [0.15, 0.2) is 63.5 Å². The highest BCUT2D eigenvalue weighted by Crippen LogP contribution is 2.30. The van der Waals surface area contributed by atoms with Crippen LogP contribution in [0.2, 0.25) is 0 Å². The summed E-state index contributed by atoms with van der Waals surface area (Å²) in [5.74, 6) is 1.27. The van der Waals surface area contributed by atoms with Gasteiger partial charge in [-0.25, -0.2) is 4.79 Å². The first-order valence-electron chi connectivity index (χ1n) is 10.8. The van der Waals surface area contributed by atoms with Crippen molar-refractivity contribution in [3.8, 4) is 17.2 Å². The van der Waals surface area contributed by atoms with Crippen molar-refractivity contribution in [1.82, 2.24) is 14.5 Å². The minimum atomic E-state index is -0.569. The molecule has 4 rings (SSSR count). The molecule has 0 saturated carbocycles. The lowest BCUT2D eigenvalue weighted by atomic mass is 10.2. The van der Waals surface area contributed by atoms with Crippen molar-refractivity contribution in [2.45, 2.75) is 19.6 Å². The number of nitrogens with one attached hydrogen (secondary N) is 1. The lowest BCUT2D eigenvalue weighted by Gasteiger charge is -2.15. The Balaban J connectivity index is 1.64. The number of carbonyl (C=O) groups is 1. The molecule has 2 aromatic heterocycles. The predicted molar refractivity (Wildman–Crippen MR) is 134 cm³/mol. The summed E-state index contributed by atoms with van der Waals surface area (Å²) < 4.78 is 18.9. The maximum Gasteiger partial charge on any atom is 0.332 e. The summed E-state index contributed by atoms with van der Waals surface area (Å²) >= 11 is 1.23. The number of hydrogen-bond donors (Lipinski definition) is 1. The van der Waals surface area contributed by atoms with E-state index in [-0.39, 0.29) is 25.5 Å². The average Bonchev–Trinajstić information content (AvgIpc) is 3.37. The van der Waals surface area contributed by atoms with E-state index in [9.17, 15) is 14.4 Å². The molecule has 1 N–H and O–H groups in total. The van der Waals surface area contributed by atoms with Gasteiger partial charge in [0.15, 0.2) is 11.5 Å². The number of para-hydroxylation sites is 2. The second-order valence-corrected chi connectivity index (χ2v) is 8.55. The molecule has 10 heteroatoms. The van der Waals surface area contributed by atoms with Crippen molar-refractivity contribution in [1.29, 1.82) is 0 Å². The van der Waals surface area contributed by atoms with E-state index < -0.39 is 11.2 Å². The average molecular weight is 496 g/mol. The van der Waals surface area contributed by atoms with Crippen LogP contribution in [0.1, 0.15) is 11.1 Å². The van der Waals surface area contributed by atoms with Gasteiger partial charge in [-0.1, -0.05) is 30.3 Å². The van der Waals surface area contributed by atoms with Gasteiger partial charge in [-0.2, -0.15) is 0 Å². The zero-order chi connectivity index (χ0) is 24.9. The molecular formula is C25H25N3O6S. The summed E-state index contributed by atoms with van der Waals surface area (Å²) in [6, 6.07) is 14.2. The number of aromatic nitrogens is 2. The topological polar surface area (TPSA) is 101 Å². The molecule has 0 aliphatic carbocycles. The first-order valence-corrected chi connectivity index (χ1v) is 11.7. The molecule has 2 heterocycles. The summed E-state index contributed by atoms with van der Waals surface area (Å²) in [5.41, 5.74) is 0.876. The molecule has 35 heavy (non-hydrogen) atoms. The van der Waals surface area contributed by atoms with E-state index in [2.05, 4.69) is 5.32 Å². The highest BCUT2D eigenvalue weighted by atomic mass is 32.1. The van der Waals surface area contributed by atoms with Crippen LogP contribution in [0, 0.1) is 0 Å². The highest BCUT2D eigenvalue weighted by Gasteiger charge is 2.18. The van der Waals surface area contributed by atoms with E-state index in [1.165, 1.54) is 30.1 Å². The Morgan fingerprint density at radius 3 is 2.34 bits per heavy atom. The molecule has 0 spiro atoms. The largest absolute Gasteiger partial charge is 0.496 e. The maximum atomic E-state index is 13.4. The van der Waals surface area contributed by atoms with Crippen molar-refractivity contribution in [2.24, 2.45) is 0 Å². The molecule has 182 valence electrons. The lowest BCUT2D eigenvalue weighted by Crippen LogP contribution is -2.42. The molecule has 0 atom stereocenters. The second kappa shape index (κ2) is 10.5. The van der Waals surface area contributed by atoms with Gasteiger partial charge in [0.25, 0.3) is 5.56 Å².